The van der Waals surface area contributed by atoms with E-state index < -0.39 is 0 Å². The monoisotopic (exact) mass is 518 g/mol. The van der Waals surface area contributed by atoms with Gasteiger partial charge in [0.1, 0.15) is 55.4 Å². The van der Waals surface area contributed by atoms with Crippen LogP contribution >= 0.6 is 0 Å². The van der Waals surface area contributed by atoms with Crippen molar-refractivity contribution in [2.75, 3.05) is 39.6 Å². The number of hydrogen-bond donors (Lipinski definition) is 0. The molecule has 6 heteroatoms. The SMILES string of the molecule is CC(C)(CC1=C(OCC2CO2)C(Cc2ccccc2OCC2CO2)CC=C1)c1ccccc1OCC1CO1. The van der Waals surface area contributed by atoms with Gasteiger partial charge >= 0.3 is 0 Å². The minimum atomic E-state index is -0.154. The summed E-state index contributed by atoms with van der Waals surface area (Å²) in [7, 11) is 0. The van der Waals surface area contributed by atoms with Gasteiger partial charge in [-0.1, -0.05) is 62.4 Å². The summed E-state index contributed by atoms with van der Waals surface area (Å²) < 4.78 is 35.0. The maximum absolute atomic E-state index is 6.55. The highest BCUT2D eigenvalue weighted by Crippen LogP contribution is 2.41. The summed E-state index contributed by atoms with van der Waals surface area (Å²) in [5, 5.41) is 0. The lowest BCUT2D eigenvalue weighted by atomic mass is 9.76. The highest BCUT2D eigenvalue weighted by Gasteiger charge is 2.33. The van der Waals surface area contributed by atoms with Gasteiger partial charge in [0.15, 0.2) is 0 Å². The van der Waals surface area contributed by atoms with Crippen molar-refractivity contribution >= 4 is 0 Å². The molecule has 4 aliphatic rings. The second-order valence-corrected chi connectivity index (χ2v) is 11.4. The first-order valence-electron chi connectivity index (χ1n) is 13.9. The smallest absolute Gasteiger partial charge is 0.123 e. The van der Waals surface area contributed by atoms with Crippen LogP contribution in [-0.4, -0.2) is 58.0 Å². The van der Waals surface area contributed by atoms with Crippen LogP contribution in [-0.2, 0) is 30.8 Å². The number of epoxide rings is 3. The quantitative estimate of drug-likeness (QED) is 0.312. The number of ether oxygens (including phenoxy) is 6. The molecule has 4 unspecified atom stereocenters. The zero-order chi connectivity index (χ0) is 26.0. The van der Waals surface area contributed by atoms with Gasteiger partial charge in [-0.05, 0) is 47.9 Å². The van der Waals surface area contributed by atoms with Crippen molar-refractivity contribution in [2.24, 2.45) is 5.92 Å². The number of rotatable bonds is 14. The van der Waals surface area contributed by atoms with Gasteiger partial charge in [0.05, 0.1) is 19.8 Å². The van der Waals surface area contributed by atoms with E-state index in [2.05, 4.69) is 62.4 Å². The highest BCUT2D eigenvalue weighted by atomic mass is 16.6. The van der Waals surface area contributed by atoms with Crippen LogP contribution < -0.4 is 9.47 Å². The van der Waals surface area contributed by atoms with Gasteiger partial charge in [-0.25, -0.2) is 0 Å². The van der Waals surface area contributed by atoms with Crippen LogP contribution in [0.1, 0.15) is 37.8 Å². The Kier molecular flexibility index (Phi) is 7.46. The fourth-order valence-electron chi connectivity index (χ4n) is 5.20. The molecule has 3 aliphatic heterocycles. The standard InChI is InChI=1S/C32H38O6/c1-32(2,28-11-4-6-13-30(28)37-20-26-17-34-26)15-24-10-7-9-23(31(24)38-21-27-18-35-27)14-22-8-3-5-12-29(22)36-19-25-16-33-25/h3-8,10-13,23,25-27H,9,14-21H2,1-2H3. The maximum atomic E-state index is 6.55. The first-order chi connectivity index (χ1) is 18.5. The normalized spacial score (nSPS) is 25.7. The largest absolute Gasteiger partial charge is 0.495 e. The van der Waals surface area contributed by atoms with E-state index >= 15 is 0 Å². The Hall–Kier alpha value is -2.80. The van der Waals surface area contributed by atoms with Gasteiger partial charge in [-0.2, -0.15) is 0 Å². The van der Waals surface area contributed by atoms with Crippen LogP contribution in [0.3, 0.4) is 0 Å². The molecule has 0 aromatic heterocycles. The van der Waals surface area contributed by atoms with E-state index in [1.807, 2.05) is 12.1 Å². The molecular formula is C32H38O6. The van der Waals surface area contributed by atoms with Crippen molar-refractivity contribution in [2.45, 2.75) is 56.8 Å². The Morgan fingerprint density at radius 1 is 0.763 bits per heavy atom. The molecule has 3 fully saturated rings. The van der Waals surface area contributed by atoms with Gasteiger partial charge in [-0.3, -0.25) is 0 Å². The van der Waals surface area contributed by atoms with E-state index in [0.717, 1.165) is 56.3 Å². The molecule has 4 atom stereocenters. The lowest BCUT2D eigenvalue weighted by Crippen LogP contribution is -2.24. The Bertz CT molecular complexity index is 1170. The topological polar surface area (TPSA) is 65.3 Å². The molecule has 0 radical (unpaired) electrons. The van der Waals surface area contributed by atoms with Gasteiger partial charge in [-0.15, -0.1) is 0 Å². The van der Waals surface area contributed by atoms with Crippen molar-refractivity contribution < 1.29 is 28.4 Å². The predicted octanol–water partition coefficient (Wildman–Crippen LogP) is 5.40. The van der Waals surface area contributed by atoms with E-state index in [-0.39, 0.29) is 29.6 Å². The molecule has 2 aromatic carbocycles. The summed E-state index contributed by atoms with van der Waals surface area (Å²) in [5.74, 6) is 3.20. The molecule has 0 N–H and O–H groups in total. The summed E-state index contributed by atoms with van der Waals surface area (Å²) >= 11 is 0. The third-order valence-corrected chi connectivity index (χ3v) is 7.60. The van der Waals surface area contributed by atoms with Gasteiger partial charge in [0.2, 0.25) is 0 Å². The maximum Gasteiger partial charge on any atom is 0.123 e. The molecule has 6 nitrogen and oxygen atoms in total. The van der Waals surface area contributed by atoms with E-state index in [1.165, 1.54) is 16.7 Å². The Morgan fingerprint density at radius 3 is 2.03 bits per heavy atom. The van der Waals surface area contributed by atoms with Crippen molar-refractivity contribution in [3.05, 3.63) is 83.1 Å². The molecule has 0 bridgehead atoms. The molecule has 3 heterocycles. The average molecular weight is 519 g/mol. The third-order valence-electron chi connectivity index (χ3n) is 7.60. The van der Waals surface area contributed by atoms with Crippen molar-refractivity contribution in [1.82, 2.24) is 0 Å². The molecule has 202 valence electrons. The summed E-state index contributed by atoms with van der Waals surface area (Å²) in [5.41, 5.74) is 3.50. The van der Waals surface area contributed by atoms with Gasteiger partial charge in [0.25, 0.3) is 0 Å². The van der Waals surface area contributed by atoms with Crippen molar-refractivity contribution in [3.8, 4) is 11.5 Å². The number of para-hydroxylation sites is 2. The van der Waals surface area contributed by atoms with Crippen LogP contribution in [0.15, 0.2) is 72.0 Å². The van der Waals surface area contributed by atoms with Crippen LogP contribution in [0.2, 0.25) is 0 Å². The van der Waals surface area contributed by atoms with Crippen molar-refractivity contribution in [1.29, 1.82) is 0 Å². The molecule has 6 rings (SSSR count). The summed E-state index contributed by atoms with van der Waals surface area (Å²) in [6.07, 6.45) is 7.86. The third kappa shape index (κ3) is 6.60. The van der Waals surface area contributed by atoms with Crippen LogP contribution in [0.5, 0.6) is 11.5 Å². The first kappa shape index (κ1) is 25.5. The van der Waals surface area contributed by atoms with Crippen LogP contribution in [0.25, 0.3) is 0 Å². The summed E-state index contributed by atoms with van der Waals surface area (Å²) in [6.45, 7) is 8.75. The van der Waals surface area contributed by atoms with Crippen LogP contribution in [0.4, 0.5) is 0 Å². The van der Waals surface area contributed by atoms with Gasteiger partial charge < -0.3 is 28.4 Å². The predicted molar refractivity (Wildman–Crippen MR) is 145 cm³/mol. The second kappa shape index (κ2) is 11.1. The van der Waals surface area contributed by atoms with E-state index in [0.29, 0.717) is 19.8 Å². The van der Waals surface area contributed by atoms with Gasteiger partial charge in [0, 0.05) is 11.5 Å². The minimum absolute atomic E-state index is 0.154. The molecule has 3 saturated heterocycles. The fraction of sp³-hybridized carbons (Fsp3) is 0.500. The lowest BCUT2D eigenvalue weighted by Gasteiger charge is -2.32. The Labute approximate surface area is 225 Å². The number of benzene rings is 2. The molecular weight excluding hydrogens is 480 g/mol. The Balaban J connectivity index is 1.23. The zero-order valence-electron chi connectivity index (χ0n) is 22.4. The molecule has 1 aliphatic carbocycles. The average Bonchev–Trinajstić information content (AvgIpc) is 3.76. The Morgan fingerprint density at radius 2 is 1.34 bits per heavy atom. The highest BCUT2D eigenvalue weighted by molar-refractivity contribution is 5.42. The summed E-state index contributed by atoms with van der Waals surface area (Å²) in [6, 6.07) is 16.7. The summed E-state index contributed by atoms with van der Waals surface area (Å²) in [4.78, 5) is 0. The lowest BCUT2D eigenvalue weighted by molar-refractivity contribution is 0.149. The number of hydrogen-bond acceptors (Lipinski definition) is 6. The molecule has 38 heavy (non-hydrogen) atoms. The number of allylic oxidation sites excluding steroid dienone is 4. The van der Waals surface area contributed by atoms with E-state index in [4.69, 9.17) is 28.4 Å². The van der Waals surface area contributed by atoms with Crippen LogP contribution in [0, 0.1) is 5.92 Å². The van der Waals surface area contributed by atoms with Crippen molar-refractivity contribution in [3.63, 3.8) is 0 Å². The fourth-order valence-corrected chi connectivity index (χ4v) is 5.20. The van der Waals surface area contributed by atoms with E-state index in [1.54, 1.807) is 0 Å². The molecule has 0 saturated carbocycles. The minimum Gasteiger partial charge on any atom is -0.495 e. The zero-order valence-corrected chi connectivity index (χ0v) is 22.4. The molecule has 2 aromatic rings. The van der Waals surface area contributed by atoms with E-state index in [9.17, 15) is 0 Å². The first-order valence-corrected chi connectivity index (χ1v) is 13.9. The molecule has 0 amide bonds. The second-order valence-electron chi connectivity index (χ2n) is 11.4. The molecule has 0 spiro atoms.